The molecule has 3 saturated carbocycles. The Kier molecular flexibility index (Phi) is 1.57. The van der Waals surface area contributed by atoms with Crippen LogP contribution in [0.15, 0.2) is 12.2 Å². The summed E-state index contributed by atoms with van der Waals surface area (Å²) in [5.41, 5.74) is 1.74. The van der Waals surface area contributed by atoms with Gasteiger partial charge in [-0.1, -0.05) is 20.4 Å². The molecule has 0 spiro atoms. The van der Waals surface area contributed by atoms with Crippen LogP contribution in [-0.4, -0.2) is 12.1 Å². The zero-order chi connectivity index (χ0) is 12.0. The first kappa shape index (κ1) is 10.2. The van der Waals surface area contributed by atoms with Crippen molar-refractivity contribution in [2.24, 2.45) is 28.6 Å². The smallest absolute Gasteiger partial charge is 0.334 e. The van der Waals surface area contributed by atoms with Crippen molar-refractivity contribution < 1.29 is 9.53 Å². The molecule has 4 rings (SSSR count). The minimum absolute atomic E-state index is 0.136. The van der Waals surface area contributed by atoms with E-state index in [1.165, 1.54) is 12.8 Å². The van der Waals surface area contributed by atoms with Crippen LogP contribution in [0, 0.1) is 28.6 Å². The molecule has 1 heterocycles. The summed E-state index contributed by atoms with van der Waals surface area (Å²) in [6.07, 6.45) is 5.10. The van der Waals surface area contributed by atoms with Gasteiger partial charge in [0.05, 0.1) is 0 Å². The number of carbonyl (C=O) groups is 1. The number of ether oxygens (including phenoxy) is 1. The van der Waals surface area contributed by atoms with Crippen molar-refractivity contribution in [1.82, 2.24) is 0 Å². The Labute approximate surface area is 102 Å². The minimum atomic E-state index is -0.138. The summed E-state index contributed by atoms with van der Waals surface area (Å²) in [5.74, 6) is 1.91. The van der Waals surface area contributed by atoms with Gasteiger partial charge in [0.1, 0.15) is 6.10 Å². The Bertz CT molecular complexity index is 440. The van der Waals surface area contributed by atoms with Crippen LogP contribution in [0.3, 0.4) is 0 Å². The van der Waals surface area contributed by atoms with Crippen molar-refractivity contribution >= 4 is 5.97 Å². The van der Waals surface area contributed by atoms with Crippen LogP contribution >= 0.6 is 0 Å². The van der Waals surface area contributed by atoms with Crippen molar-refractivity contribution in [3.63, 3.8) is 0 Å². The van der Waals surface area contributed by atoms with Crippen molar-refractivity contribution in [3.05, 3.63) is 12.2 Å². The van der Waals surface area contributed by atoms with Crippen LogP contribution in [0.25, 0.3) is 0 Å². The zero-order valence-electron chi connectivity index (χ0n) is 10.7. The first-order valence-corrected chi connectivity index (χ1v) is 6.84. The number of esters is 1. The second-order valence-corrected chi connectivity index (χ2v) is 7.33. The fourth-order valence-corrected chi connectivity index (χ4v) is 5.35. The van der Waals surface area contributed by atoms with E-state index >= 15 is 0 Å². The van der Waals surface area contributed by atoms with Gasteiger partial charge in [-0.25, -0.2) is 4.79 Å². The topological polar surface area (TPSA) is 26.3 Å². The van der Waals surface area contributed by atoms with E-state index in [4.69, 9.17) is 4.74 Å². The van der Waals surface area contributed by atoms with E-state index in [9.17, 15) is 4.79 Å². The fourth-order valence-electron chi connectivity index (χ4n) is 5.35. The van der Waals surface area contributed by atoms with Crippen LogP contribution in [0.2, 0.25) is 0 Å². The number of hydrogen-bond donors (Lipinski definition) is 0. The molecule has 4 aliphatic rings. The molecule has 0 aromatic carbocycles. The molecule has 92 valence electrons. The quantitative estimate of drug-likeness (QED) is 0.474. The van der Waals surface area contributed by atoms with Crippen molar-refractivity contribution in [2.75, 3.05) is 0 Å². The molecule has 6 atom stereocenters. The third-order valence-electron chi connectivity index (χ3n) is 6.38. The lowest BCUT2D eigenvalue weighted by Gasteiger charge is -2.45. The van der Waals surface area contributed by atoms with E-state index in [0.29, 0.717) is 16.7 Å². The van der Waals surface area contributed by atoms with E-state index in [1.807, 2.05) is 0 Å². The van der Waals surface area contributed by atoms with Gasteiger partial charge in [-0.05, 0) is 48.3 Å². The summed E-state index contributed by atoms with van der Waals surface area (Å²) in [5, 5.41) is 0. The zero-order valence-corrected chi connectivity index (χ0v) is 10.7. The van der Waals surface area contributed by atoms with Gasteiger partial charge in [0.25, 0.3) is 0 Å². The third kappa shape index (κ3) is 1.05. The van der Waals surface area contributed by atoms with Crippen molar-refractivity contribution in [1.29, 1.82) is 0 Å². The highest BCUT2D eigenvalue weighted by Gasteiger charge is 2.69. The second kappa shape index (κ2) is 2.62. The molecule has 1 aliphatic heterocycles. The van der Waals surface area contributed by atoms with Gasteiger partial charge in [-0.2, -0.15) is 0 Å². The average molecular weight is 232 g/mol. The monoisotopic (exact) mass is 232 g/mol. The lowest BCUT2D eigenvalue weighted by Crippen LogP contribution is -2.41. The van der Waals surface area contributed by atoms with Gasteiger partial charge >= 0.3 is 5.97 Å². The highest BCUT2D eigenvalue weighted by Crippen LogP contribution is 2.76. The standard InChI is InChI=1S/C15H20O2/c1-8-10-4-12-14(2,5-9-6-15(9,12)3)7-11(10)17-13(8)16/h9-12H,1,4-7H2,2-3H3/t9-,10+,11+,12+,14+,15+/m0/s1. The van der Waals surface area contributed by atoms with Gasteiger partial charge < -0.3 is 4.74 Å². The predicted octanol–water partition coefficient (Wildman–Crippen LogP) is 2.93. The highest BCUT2D eigenvalue weighted by atomic mass is 16.6. The number of rotatable bonds is 0. The molecular weight excluding hydrogens is 212 g/mol. The lowest BCUT2D eigenvalue weighted by atomic mass is 9.60. The first-order valence-electron chi connectivity index (χ1n) is 6.84. The van der Waals surface area contributed by atoms with Gasteiger partial charge in [0.15, 0.2) is 0 Å². The van der Waals surface area contributed by atoms with Crippen LogP contribution in [0.5, 0.6) is 0 Å². The number of hydrogen-bond acceptors (Lipinski definition) is 2. The van der Waals surface area contributed by atoms with E-state index in [2.05, 4.69) is 20.4 Å². The molecule has 0 aromatic rings. The molecule has 0 radical (unpaired) electrons. The van der Waals surface area contributed by atoms with Gasteiger partial charge in [0.2, 0.25) is 0 Å². The summed E-state index contributed by atoms with van der Waals surface area (Å²) >= 11 is 0. The molecule has 0 aromatic heterocycles. The summed E-state index contributed by atoms with van der Waals surface area (Å²) < 4.78 is 5.50. The Hall–Kier alpha value is -0.790. The molecule has 4 fully saturated rings. The largest absolute Gasteiger partial charge is 0.458 e. The second-order valence-electron chi connectivity index (χ2n) is 7.33. The number of carbonyl (C=O) groups excluding carboxylic acids is 1. The molecule has 0 unspecified atom stereocenters. The van der Waals surface area contributed by atoms with Gasteiger partial charge in [-0.3, -0.25) is 0 Å². The minimum Gasteiger partial charge on any atom is -0.458 e. The van der Waals surface area contributed by atoms with E-state index < -0.39 is 0 Å². The van der Waals surface area contributed by atoms with E-state index in [1.54, 1.807) is 0 Å². The molecule has 3 aliphatic carbocycles. The molecule has 17 heavy (non-hydrogen) atoms. The predicted molar refractivity (Wildman–Crippen MR) is 64.2 cm³/mol. The molecule has 2 nitrogen and oxygen atoms in total. The highest BCUT2D eigenvalue weighted by molar-refractivity contribution is 5.90. The van der Waals surface area contributed by atoms with Gasteiger partial charge in [-0.15, -0.1) is 0 Å². The third-order valence-corrected chi connectivity index (χ3v) is 6.38. The van der Waals surface area contributed by atoms with Crippen molar-refractivity contribution in [2.45, 2.75) is 45.6 Å². The molecule has 0 amide bonds. The van der Waals surface area contributed by atoms with E-state index in [-0.39, 0.29) is 12.1 Å². The Balaban J connectivity index is 1.70. The van der Waals surface area contributed by atoms with Crippen molar-refractivity contribution in [3.8, 4) is 0 Å². The fraction of sp³-hybridized carbons (Fsp3) is 0.800. The first-order chi connectivity index (χ1) is 7.94. The maximum atomic E-state index is 11.6. The normalized spacial score (nSPS) is 59.4. The van der Waals surface area contributed by atoms with Crippen LogP contribution in [0.1, 0.15) is 39.5 Å². The molecule has 0 bridgehead atoms. The SMILES string of the molecule is C=C1C(=O)O[C@@H]2C[C@@]3(C)C[C@H]4C[C@@]4(C)[C@@H]3C[C@H]12. The summed E-state index contributed by atoms with van der Waals surface area (Å²) in [6, 6.07) is 0. The maximum Gasteiger partial charge on any atom is 0.334 e. The average Bonchev–Trinajstić information content (AvgIpc) is 2.71. The van der Waals surface area contributed by atoms with E-state index in [0.717, 1.165) is 30.3 Å². The molecule has 0 N–H and O–H groups in total. The number of fused-ring (bicyclic) bond motifs is 4. The Morgan fingerprint density at radius 3 is 2.82 bits per heavy atom. The van der Waals surface area contributed by atoms with Crippen LogP contribution in [-0.2, 0) is 9.53 Å². The summed E-state index contributed by atoms with van der Waals surface area (Å²) in [6.45, 7) is 8.81. The molecule has 2 heteroatoms. The Morgan fingerprint density at radius 1 is 1.29 bits per heavy atom. The Morgan fingerprint density at radius 2 is 2.06 bits per heavy atom. The molecular formula is C15H20O2. The summed E-state index contributed by atoms with van der Waals surface area (Å²) in [4.78, 5) is 11.6. The maximum absolute atomic E-state index is 11.6. The van der Waals surface area contributed by atoms with Crippen LogP contribution in [0.4, 0.5) is 0 Å². The van der Waals surface area contributed by atoms with Crippen LogP contribution < -0.4 is 0 Å². The summed E-state index contributed by atoms with van der Waals surface area (Å²) in [7, 11) is 0. The van der Waals surface area contributed by atoms with Gasteiger partial charge in [0, 0.05) is 11.5 Å². The lowest BCUT2D eigenvalue weighted by molar-refractivity contribution is -0.142. The molecule has 1 saturated heterocycles.